The lowest BCUT2D eigenvalue weighted by Gasteiger charge is -2.38. The maximum absolute atomic E-state index is 9.49. The molecule has 1 fully saturated rings. The number of ether oxygens (including phenoxy) is 1. The van der Waals surface area contributed by atoms with Crippen LogP contribution in [0.5, 0.6) is 0 Å². The monoisotopic (exact) mass is 250 g/mol. The predicted molar refractivity (Wildman–Crippen MR) is 66.8 cm³/mol. The maximum Gasteiger partial charge on any atom is 0.132 e. The molecule has 1 aromatic carbocycles. The summed E-state index contributed by atoms with van der Waals surface area (Å²) in [6.45, 7) is 4.89. The van der Waals surface area contributed by atoms with Gasteiger partial charge in [-0.05, 0) is 24.6 Å². The zero-order valence-electron chi connectivity index (χ0n) is 9.82. The van der Waals surface area contributed by atoms with E-state index in [9.17, 15) is 5.26 Å². The zero-order chi connectivity index (χ0) is 12.3. The largest absolute Gasteiger partial charge is 0.379 e. The van der Waals surface area contributed by atoms with E-state index in [0.29, 0.717) is 18.2 Å². The molecule has 90 valence electrons. The first-order chi connectivity index (χ1) is 8.16. The van der Waals surface area contributed by atoms with Gasteiger partial charge in [0.2, 0.25) is 0 Å². The fraction of sp³-hybridized carbons (Fsp3) is 0.462. The van der Waals surface area contributed by atoms with Crippen molar-refractivity contribution >= 4 is 11.6 Å². The Bertz CT molecular complexity index is 420. The van der Waals surface area contributed by atoms with Gasteiger partial charge in [0.15, 0.2) is 0 Å². The first kappa shape index (κ1) is 12.4. The van der Waals surface area contributed by atoms with E-state index in [1.165, 1.54) is 0 Å². The van der Waals surface area contributed by atoms with Crippen LogP contribution in [-0.2, 0) is 10.3 Å². The number of nitrogens with zero attached hydrogens (tertiary/aromatic N) is 2. The van der Waals surface area contributed by atoms with E-state index in [4.69, 9.17) is 16.3 Å². The molecule has 4 heteroatoms. The van der Waals surface area contributed by atoms with Gasteiger partial charge in [-0.15, -0.1) is 0 Å². The molecule has 17 heavy (non-hydrogen) atoms. The van der Waals surface area contributed by atoms with Crippen molar-refractivity contribution in [3.63, 3.8) is 0 Å². The number of hydrogen-bond donors (Lipinski definition) is 0. The molecule has 0 saturated carbocycles. The fourth-order valence-electron chi connectivity index (χ4n) is 2.10. The molecule has 1 aromatic rings. The first-order valence-electron chi connectivity index (χ1n) is 5.67. The second-order valence-electron chi connectivity index (χ2n) is 4.29. The Labute approximate surface area is 107 Å². The number of halogens is 1. The van der Waals surface area contributed by atoms with Crippen LogP contribution in [0.4, 0.5) is 0 Å². The highest BCUT2D eigenvalue weighted by Crippen LogP contribution is 2.29. The Hall–Kier alpha value is -1.08. The summed E-state index contributed by atoms with van der Waals surface area (Å²) < 4.78 is 5.32. The summed E-state index contributed by atoms with van der Waals surface area (Å²) in [6, 6.07) is 9.90. The van der Waals surface area contributed by atoms with Gasteiger partial charge >= 0.3 is 0 Å². The summed E-state index contributed by atoms with van der Waals surface area (Å²) in [4.78, 5) is 2.15. The molecule has 1 unspecified atom stereocenters. The first-order valence-corrected chi connectivity index (χ1v) is 6.05. The highest BCUT2D eigenvalue weighted by molar-refractivity contribution is 6.30. The van der Waals surface area contributed by atoms with Crippen molar-refractivity contribution < 1.29 is 4.74 Å². The third kappa shape index (κ3) is 2.44. The van der Waals surface area contributed by atoms with E-state index < -0.39 is 5.54 Å². The van der Waals surface area contributed by atoms with E-state index in [0.717, 1.165) is 18.7 Å². The van der Waals surface area contributed by atoms with E-state index in [1.807, 2.05) is 31.2 Å². The van der Waals surface area contributed by atoms with E-state index >= 15 is 0 Å². The van der Waals surface area contributed by atoms with Gasteiger partial charge in [-0.1, -0.05) is 23.7 Å². The molecule has 0 N–H and O–H groups in total. The van der Waals surface area contributed by atoms with Crippen LogP contribution in [0.1, 0.15) is 12.5 Å². The Morgan fingerprint density at radius 1 is 1.29 bits per heavy atom. The molecule has 0 amide bonds. The molecule has 1 saturated heterocycles. The van der Waals surface area contributed by atoms with Gasteiger partial charge < -0.3 is 4.74 Å². The summed E-state index contributed by atoms with van der Waals surface area (Å²) in [6.07, 6.45) is 0. The Kier molecular flexibility index (Phi) is 3.68. The molecule has 0 radical (unpaired) electrons. The zero-order valence-corrected chi connectivity index (χ0v) is 10.6. The molecule has 1 aliphatic heterocycles. The molecule has 1 atom stereocenters. The van der Waals surface area contributed by atoms with Gasteiger partial charge in [-0.25, -0.2) is 0 Å². The number of benzene rings is 1. The molecule has 3 nitrogen and oxygen atoms in total. The molecule has 0 aliphatic carbocycles. The number of rotatable bonds is 2. The smallest absolute Gasteiger partial charge is 0.132 e. The van der Waals surface area contributed by atoms with Crippen molar-refractivity contribution in [2.24, 2.45) is 0 Å². The van der Waals surface area contributed by atoms with Crippen molar-refractivity contribution in [3.8, 4) is 6.07 Å². The highest BCUT2D eigenvalue weighted by atomic mass is 35.5. The van der Waals surface area contributed by atoms with Crippen LogP contribution in [-0.4, -0.2) is 31.2 Å². The molecule has 0 bridgehead atoms. The summed E-state index contributed by atoms with van der Waals surface area (Å²) in [5.74, 6) is 0. The van der Waals surface area contributed by atoms with Crippen molar-refractivity contribution in [3.05, 3.63) is 34.9 Å². The SMILES string of the molecule is CC(C#N)(c1ccc(Cl)cc1)N1CCOCC1. The molecule has 1 aliphatic rings. The maximum atomic E-state index is 9.49. The van der Waals surface area contributed by atoms with E-state index in [2.05, 4.69) is 11.0 Å². The van der Waals surface area contributed by atoms with Crippen LogP contribution >= 0.6 is 11.6 Å². The third-order valence-electron chi connectivity index (χ3n) is 3.27. The predicted octanol–water partition coefficient (Wildman–Crippen LogP) is 2.41. The fourth-order valence-corrected chi connectivity index (χ4v) is 2.23. The lowest BCUT2D eigenvalue weighted by atomic mass is 9.91. The van der Waals surface area contributed by atoms with Crippen molar-refractivity contribution in [1.29, 1.82) is 5.26 Å². The second-order valence-corrected chi connectivity index (χ2v) is 4.73. The third-order valence-corrected chi connectivity index (χ3v) is 3.52. The van der Waals surface area contributed by atoms with E-state index in [-0.39, 0.29) is 0 Å². The van der Waals surface area contributed by atoms with Crippen LogP contribution in [0.3, 0.4) is 0 Å². The lowest BCUT2D eigenvalue weighted by Crippen LogP contribution is -2.48. The molecule has 0 spiro atoms. The quantitative estimate of drug-likeness (QED) is 0.809. The summed E-state index contributed by atoms with van der Waals surface area (Å²) in [5.41, 5.74) is 0.375. The molecule has 1 heterocycles. The minimum Gasteiger partial charge on any atom is -0.379 e. The minimum absolute atomic E-state index is 0.603. The van der Waals surface area contributed by atoms with Crippen LogP contribution < -0.4 is 0 Å². The van der Waals surface area contributed by atoms with Crippen molar-refractivity contribution in [2.45, 2.75) is 12.5 Å². The van der Waals surface area contributed by atoms with Crippen LogP contribution in [0, 0.1) is 11.3 Å². The Morgan fingerprint density at radius 2 is 1.88 bits per heavy atom. The van der Waals surface area contributed by atoms with Gasteiger partial charge in [0, 0.05) is 18.1 Å². The van der Waals surface area contributed by atoms with E-state index in [1.54, 1.807) is 0 Å². The van der Waals surface area contributed by atoms with Gasteiger partial charge in [-0.3, -0.25) is 4.90 Å². The second kappa shape index (κ2) is 5.05. The van der Waals surface area contributed by atoms with Gasteiger partial charge in [0.05, 0.1) is 19.3 Å². The number of morpholine rings is 1. The van der Waals surface area contributed by atoms with Gasteiger partial charge in [0.1, 0.15) is 5.54 Å². The topological polar surface area (TPSA) is 36.3 Å². The van der Waals surface area contributed by atoms with Crippen molar-refractivity contribution in [1.82, 2.24) is 4.90 Å². The number of hydrogen-bond acceptors (Lipinski definition) is 3. The normalized spacial score (nSPS) is 20.5. The Morgan fingerprint density at radius 3 is 2.41 bits per heavy atom. The summed E-state index contributed by atoms with van der Waals surface area (Å²) in [5, 5.41) is 10.2. The van der Waals surface area contributed by atoms with Gasteiger partial charge in [-0.2, -0.15) is 5.26 Å². The molecule has 2 rings (SSSR count). The lowest BCUT2D eigenvalue weighted by molar-refractivity contribution is 0.000441. The highest BCUT2D eigenvalue weighted by Gasteiger charge is 2.34. The van der Waals surface area contributed by atoms with Crippen molar-refractivity contribution in [2.75, 3.05) is 26.3 Å². The summed E-state index contributed by atoms with van der Waals surface area (Å²) >= 11 is 5.87. The standard InChI is InChI=1S/C13H15ClN2O/c1-13(10-15,16-6-8-17-9-7-16)11-2-4-12(14)5-3-11/h2-5H,6-9H2,1H3. The average molecular weight is 251 g/mol. The molecular weight excluding hydrogens is 236 g/mol. The molecular formula is C13H15ClN2O. The average Bonchev–Trinajstić information content (AvgIpc) is 2.40. The minimum atomic E-state index is -0.603. The molecule has 0 aromatic heterocycles. The Balaban J connectivity index is 2.30. The summed E-state index contributed by atoms with van der Waals surface area (Å²) in [7, 11) is 0. The van der Waals surface area contributed by atoms with Gasteiger partial charge in [0.25, 0.3) is 0 Å². The van der Waals surface area contributed by atoms with Crippen LogP contribution in [0.25, 0.3) is 0 Å². The van der Waals surface area contributed by atoms with Crippen LogP contribution in [0.2, 0.25) is 5.02 Å². The number of nitriles is 1. The van der Waals surface area contributed by atoms with Crippen LogP contribution in [0.15, 0.2) is 24.3 Å².